The van der Waals surface area contributed by atoms with Gasteiger partial charge in [-0.15, -0.1) is 0 Å². The lowest BCUT2D eigenvalue weighted by Gasteiger charge is -2.38. The van der Waals surface area contributed by atoms with Gasteiger partial charge in [0, 0.05) is 35.5 Å². The van der Waals surface area contributed by atoms with Gasteiger partial charge in [-0.25, -0.2) is 14.4 Å². The standard InChI is InChI=1S/C42H49FN6O4/c1-23(2)25(5)41(51)48-17-7-8-36(48)39-44-22-35(47-39)28-14-11-26(12-15-28)9-10-27-13-16-33-34(18-27)46-40(45-33)38-31-19-29(20-32(31)43)49(38)42(52)30(24(3)4)21-37(50)53-6/h11-16,18,22-25,29-32,36,38H,7-8,17,19-21H2,1-6H3,(H,44,47)(H,45,46)/t25-,29-,30-,31+,32-,36-,38-/m0/s1. The van der Waals surface area contributed by atoms with Crippen LogP contribution >= 0.6 is 0 Å². The number of ether oxygens (including phenoxy) is 1. The Morgan fingerprint density at radius 3 is 2.40 bits per heavy atom. The highest BCUT2D eigenvalue weighted by atomic mass is 19.1. The Bertz CT molecular complexity index is 2060. The summed E-state index contributed by atoms with van der Waals surface area (Å²) in [5, 5.41) is 0. The van der Waals surface area contributed by atoms with Gasteiger partial charge in [-0.3, -0.25) is 14.4 Å². The minimum absolute atomic E-state index is 0.0117. The smallest absolute Gasteiger partial charge is 0.306 e. The van der Waals surface area contributed by atoms with Gasteiger partial charge in [0.15, 0.2) is 0 Å². The summed E-state index contributed by atoms with van der Waals surface area (Å²) in [5.74, 6) is 6.77. The van der Waals surface area contributed by atoms with Gasteiger partial charge < -0.3 is 24.5 Å². The van der Waals surface area contributed by atoms with Gasteiger partial charge in [0.05, 0.1) is 54.5 Å². The van der Waals surface area contributed by atoms with Crippen molar-refractivity contribution in [2.24, 2.45) is 29.6 Å². The fraction of sp³-hybridized carbons (Fsp3) is 0.500. The lowest BCUT2D eigenvalue weighted by molar-refractivity contribution is -0.151. The number of fused-ring (bicyclic) bond motifs is 3. The monoisotopic (exact) mass is 720 g/mol. The highest BCUT2D eigenvalue weighted by Gasteiger charge is 2.56. The van der Waals surface area contributed by atoms with Crippen LogP contribution in [-0.2, 0) is 19.1 Å². The van der Waals surface area contributed by atoms with Crippen molar-refractivity contribution in [3.8, 4) is 23.1 Å². The minimum Gasteiger partial charge on any atom is -0.469 e. The van der Waals surface area contributed by atoms with Gasteiger partial charge in [0.1, 0.15) is 17.8 Å². The number of nitrogens with one attached hydrogen (secondary N) is 2. The van der Waals surface area contributed by atoms with E-state index in [9.17, 15) is 14.4 Å². The number of amides is 2. The van der Waals surface area contributed by atoms with Crippen molar-refractivity contribution in [1.29, 1.82) is 0 Å². The third-order valence-electron chi connectivity index (χ3n) is 11.8. The lowest BCUT2D eigenvalue weighted by atomic mass is 9.88. The molecule has 3 aliphatic rings. The van der Waals surface area contributed by atoms with Gasteiger partial charge in [0.2, 0.25) is 11.8 Å². The molecule has 10 nitrogen and oxygen atoms in total. The van der Waals surface area contributed by atoms with Gasteiger partial charge >= 0.3 is 5.97 Å². The van der Waals surface area contributed by atoms with E-state index in [1.807, 2.05) is 74.3 Å². The molecule has 2 amide bonds. The predicted molar refractivity (Wildman–Crippen MR) is 200 cm³/mol. The molecule has 2 aliphatic heterocycles. The van der Waals surface area contributed by atoms with Crippen LogP contribution in [-0.4, -0.2) is 73.4 Å². The minimum atomic E-state index is -1.02. The number of halogens is 1. The molecule has 0 unspecified atom stereocenters. The fourth-order valence-electron chi connectivity index (χ4n) is 8.33. The van der Waals surface area contributed by atoms with Crippen molar-refractivity contribution in [2.75, 3.05) is 13.7 Å². The molecular formula is C42H49FN6O4. The fourth-order valence-corrected chi connectivity index (χ4v) is 8.33. The molecule has 278 valence electrons. The number of nitrogens with zero attached hydrogens (tertiary/aromatic N) is 4. The number of hydrogen-bond acceptors (Lipinski definition) is 6. The molecular weight excluding hydrogens is 671 g/mol. The molecule has 53 heavy (non-hydrogen) atoms. The molecule has 2 aromatic heterocycles. The molecule has 0 radical (unpaired) electrons. The van der Waals surface area contributed by atoms with Crippen LogP contribution < -0.4 is 0 Å². The topological polar surface area (TPSA) is 124 Å². The van der Waals surface area contributed by atoms with E-state index in [1.54, 1.807) is 4.90 Å². The van der Waals surface area contributed by atoms with Crippen LogP contribution in [0, 0.1) is 41.4 Å². The van der Waals surface area contributed by atoms with E-state index < -0.39 is 24.1 Å². The number of hydrogen-bond donors (Lipinski definition) is 2. The average molecular weight is 721 g/mol. The van der Waals surface area contributed by atoms with Crippen molar-refractivity contribution in [3.63, 3.8) is 0 Å². The number of aromatic amines is 2. The summed E-state index contributed by atoms with van der Waals surface area (Å²) in [7, 11) is 1.32. The number of rotatable bonds is 9. The van der Waals surface area contributed by atoms with Crippen molar-refractivity contribution in [3.05, 3.63) is 71.4 Å². The van der Waals surface area contributed by atoms with Gasteiger partial charge in [0.25, 0.3) is 0 Å². The van der Waals surface area contributed by atoms with Crippen molar-refractivity contribution < 1.29 is 23.5 Å². The second kappa shape index (κ2) is 14.8. The van der Waals surface area contributed by atoms with Crippen LogP contribution in [0.4, 0.5) is 4.39 Å². The second-order valence-corrected chi connectivity index (χ2v) is 15.7. The summed E-state index contributed by atoms with van der Waals surface area (Å²) in [6.07, 6.45) is 3.56. The summed E-state index contributed by atoms with van der Waals surface area (Å²) in [6, 6.07) is 12.9. The molecule has 4 aromatic rings. The Balaban J connectivity index is 1.06. The molecule has 7 rings (SSSR count). The largest absolute Gasteiger partial charge is 0.469 e. The first-order valence-electron chi connectivity index (χ1n) is 18.9. The number of H-pyrrole nitrogens is 2. The van der Waals surface area contributed by atoms with E-state index in [4.69, 9.17) is 9.72 Å². The van der Waals surface area contributed by atoms with E-state index in [2.05, 4.69) is 40.6 Å². The normalized spacial score (nSPS) is 23.5. The molecule has 2 saturated heterocycles. The maximum atomic E-state index is 15.2. The number of aromatic nitrogens is 4. The Hall–Kier alpha value is -4.98. The zero-order valence-corrected chi connectivity index (χ0v) is 31.4. The first-order valence-corrected chi connectivity index (χ1v) is 18.9. The Kier molecular flexibility index (Phi) is 10.2. The van der Waals surface area contributed by atoms with Crippen LogP contribution in [0.3, 0.4) is 0 Å². The van der Waals surface area contributed by atoms with Crippen molar-refractivity contribution >= 4 is 28.8 Å². The number of imidazole rings is 2. The van der Waals surface area contributed by atoms with Gasteiger partial charge in [-0.1, -0.05) is 58.6 Å². The summed E-state index contributed by atoms with van der Waals surface area (Å²) >= 11 is 0. The molecule has 0 spiro atoms. The van der Waals surface area contributed by atoms with E-state index in [0.717, 1.165) is 53.1 Å². The number of likely N-dealkylation sites (tertiary alicyclic amines) is 2. The van der Waals surface area contributed by atoms with Crippen LogP contribution in [0.15, 0.2) is 48.7 Å². The van der Waals surface area contributed by atoms with Crippen molar-refractivity contribution in [2.45, 2.75) is 91.0 Å². The summed E-state index contributed by atoms with van der Waals surface area (Å²) in [6.45, 7) is 10.8. The Labute approximate surface area is 310 Å². The average Bonchev–Trinajstić information content (AvgIpc) is 3.99. The number of piperidine rings is 1. The predicted octanol–water partition coefficient (Wildman–Crippen LogP) is 7.14. The highest BCUT2D eigenvalue weighted by molar-refractivity contribution is 5.85. The zero-order valence-electron chi connectivity index (χ0n) is 31.4. The van der Waals surface area contributed by atoms with Crippen LogP contribution in [0.25, 0.3) is 22.3 Å². The number of carbonyl (C=O) groups excluding carboxylic acids is 3. The lowest BCUT2D eigenvalue weighted by Crippen LogP contribution is -2.47. The Morgan fingerprint density at radius 2 is 1.68 bits per heavy atom. The first kappa shape index (κ1) is 36.4. The molecule has 11 heteroatoms. The number of methoxy groups -OCH3 is 1. The first-order chi connectivity index (χ1) is 25.4. The number of carbonyl (C=O) groups is 3. The van der Waals surface area contributed by atoms with Crippen LogP contribution in [0.1, 0.15) is 102 Å². The molecule has 1 saturated carbocycles. The second-order valence-electron chi connectivity index (χ2n) is 15.7. The van der Waals surface area contributed by atoms with E-state index in [0.29, 0.717) is 24.2 Å². The van der Waals surface area contributed by atoms with E-state index in [1.165, 1.54) is 7.11 Å². The summed E-state index contributed by atoms with van der Waals surface area (Å²) in [5.41, 5.74) is 5.01. The van der Waals surface area contributed by atoms with E-state index in [-0.39, 0.29) is 54.0 Å². The summed E-state index contributed by atoms with van der Waals surface area (Å²) < 4.78 is 20.1. The SMILES string of the molecule is COC(=O)C[C@H](C(=O)N1[C@H]2C[C@@H]([C@H]1c1nc3ccc(C#Cc4ccc(-c5cnc([C@@H]6CCCN6C(=O)[C@@H](C)C(C)C)[nH]5)cc4)cc3[nH]1)[C@@H](F)C2)C(C)C. The molecule has 2 N–H and O–H groups in total. The highest BCUT2D eigenvalue weighted by Crippen LogP contribution is 2.52. The molecule has 4 heterocycles. The van der Waals surface area contributed by atoms with Gasteiger partial charge in [-0.05, 0) is 73.4 Å². The van der Waals surface area contributed by atoms with Crippen molar-refractivity contribution in [1.82, 2.24) is 29.7 Å². The zero-order chi connectivity index (χ0) is 37.6. The van der Waals surface area contributed by atoms with Crippen LogP contribution in [0.5, 0.6) is 0 Å². The Morgan fingerprint density at radius 1 is 0.943 bits per heavy atom. The molecule has 3 fully saturated rings. The maximum Gasteiger partial charge on any atom is 0.306 e. The van der Waals surface area contributed by atoms with Gasteiger partial charge in [-0.2, -0.15) is 0 Å². The third kappa shape index (κ3) is 7.08. The molecule has 2 aromatic carbocycles. The number of esters is 1. The van der Waals surface area contributed by atoms with E-state index >= 15 is 4.39 Å². The molecule has 2 bridgehead atoms. The quantitative estimate of drug-likeness (QED) is 0.140. The number of benzene rings is 2. The molecule has 1 aliphatic carbocycles. The number of alkyl halides is 1. The molecule has 7 atom stereocenters. The third-order valence-corrected chi connectivity index (χ3v) is 11.8. The summed E-state index contributed by atoms with van der Waals surface area (Å²) in [4.78, 5) is 59.4. The van der Waals surface area contributed by atoms with Crippen LogP contribution in [0.2, 0.25) is 0 Å². The maximum absolute atomic E-state index is 15.2.